The molecule has 2 N–H and O–H groups in total. The van der Waals surface area contributed by atoms with Crippen molar-refractivity contribution in [1.82, 2.24) is 10.6 Å². The van der Waals surface area contributed by atoms with Gasteiger partial charge in [-0.25, -0.2) is 0 Å². The Balaban J connectivity index is 0.00000298. The molecular weight excluding hydrogens is 444 g/mol. The first-order chi connectivity index (χ1) is 16.7. The van der Waals surface area contributed by atoms with Gasteiger partial charge in [-0.2, -0.15) is 0 Å². The van der Waals surface area contributed by atoms with Gasteiger partial charge in [0.1, 0.15) is 12.2 Å². The molecule has 2 amide bonds. The fourth-order valence-electron chi connectivity index (χ4n) is 3.70. The van der Waals surface area contributed by atoms with Crippen LogP contribution in [0.4, 0.5) is 0 Å². The molecule has 1 heterocycles. The van der Waals surface area contributed by atoms with Gasteiger partial charge in [0, 0.05) is 7.11 Å². The first kappa shape index (κ1) is 30.4. The summed E-state index contributed by atoms with van der Waals surface area (Å²) in [7, 11) is 1.50. The van der Waals surface area contributed by atoms with Gasteiger partial charge in [-0.3, -0.25) is 14.4 Å². The van der Waals surface area contributed by atoms with Crippen LogP contribution in [0.2, 0.25) is 0 Å². The van der Waals surface area contributed by atoms with Crippen LogP contribution in [0, 0.1) is 11.3 Å². The van der Waals surface area contributed by atoms with Crippen molar-refractivity contribution in [2.24, 2.45) is 11.3 Å². The van der Waals surface area contributed by atoms with Crippen LogP contribution in [0.3, 0.4) is 0 Å². The normalized spacial score (nSPS) is 18.4. The molecule has 0 aliphatic carbocycles. The number of carbonyl (C=O) groups excluding carboxylic acids is 3. The van der Waals surface area contributed by atoms with E-state index in [1.54, 1.807) is 0 Å². The molecule has 35 heavy (non-hydrogen) atoms. The minimum absolute atomic E-state index is 0.142. The van der Waals surface area contributed by atoms with Gasteiger partial charge in [0.15, 0.2) is 0 Å². The van der Waals surface area contributed by atoms with E-state index in [0.717, 1.165) is 18.4 Å². The number of amides is 2. The molecule has 1 saturated heterocycles. The predicted octanol–water partition coefficient (Wildman–Crippen LogP) is 4.21. The van der Waals surface area contributed by atoms with Gasteiger partial charge in [0.05, 0.1) is 19.0 Å². The Hall–Kier alpha value is -2.67. The van der Waals surface area contributed by atoms with Crippen LogP contribution in [0.15, 0.2) is 42.5 Å². The Bertz CT molecular complexity index is 801. The standard InChI is InChI=1S/C26H38N2O5.C2H6/c1-26(2,3)14-10-6-9-13-22(32-4)24(30)28-18-23(29)27-17-21-16-20(25(31)33-21)15-19-11-7-5-8-12-19;1-2/h5,7-8,10-12,14,20-22H,6,9,13,15-18H2,1-4H3,(H,27,29)(H,28,30);1-2H3/b14-10+;. The smallest absolute Gasteiger partial charge is 0.309 e. The van der Waals surface area contributed by atoms with E-state index < -0.39 is 6.10 Å². The second kappa shape index (κ2) is 16.1. The third-order valence-electron chi connectivity index (χ3n) is 5.47. The molecule has 3 unspecified atom stereocenters. The zero-order chi connectivity index (χ0) is 26.3. The summed E-state index contributed by atoms with van der Waals surface area (Å²) in [5.41, 5.74) is 1.23. The highest BCUT2D eigenvalue weighted by molar-refractivity contribution is 5.86. The highest BCUT2D eigenvalue weighted by Crippen LogP contribution is 2.24. The summed E-state index contributed by atoms with van der Waals surface area (Å²) in [5.74, 6) is -1.06. The van der Waals surface area contributed by atoms with Crippen LogP contribution in [-0.4, -0.2) is 50.2 Å². The van der Waals surface area contributed by atoms with Crippen LogP contribution in [0.1, 0.15) is 65.9 Å². The van der Waals surface area contributed by atoms with Crippen molar-refractivity contribution in [3.05, 3.63) is 48.0 Å². The molecule has 0 bridgehead atoms. The second-order valence-electron chi connectivity index (χ2n) is 9.63. The van der Waals surface area contributed by atoms with Crippen molar-refractivity contribution in [1.29, 1.82) is 0 Å². The fourth-order valence-corrected chi connectivity index (χ4v) is 3.70. The molecule has 7 heteroatoms. The van der Waals surface area contributed by atoms with Crippen LogP contribution in [0.5, 0.6) is 0 Å². The number of unbranched alkanes of at least 4 members (excludes halogenated alkanes) is 1. The van der Waals surface area contributed by atoms with Crippen LogP contribution in [0.25, 0.3) is 0 Å². The van der Waals surface area contributed by atoms with Crippen LogP contribution in [-0.2, 0) is 30.3 Å². The van der Waals surface area contributed by atoms with Gasteiger partial charge in [0.25, 0.3) is 0 Å². The largest absolute Gasteiger partial charge is 0.460 e. The summed E-state index contributed by atoms with van der Waals surface area (Å²) in [6.45, 7) is 10.5. The molecule has 3 atom stereocenters. The SMILES string of the molecule is CC.COC(CCC/C=C/C(C)(C)C)C(=O)NCC(=O)NCC1CC(Cc2ccccc2)C(=O)O1. The number of allylic oxidation sites excluding steroid dienone is 2. The monoisotopic (exact) mass is 488 g/mol. The summed E-state index contributed by atoms with van der Waals surface area (Å²) in [4.78, 5) is 36.6. The molecule has 1 aromatic carbocycles. The summed E-state index contributed by atoms with van der Waals surface area (Å²) in [5, 5.41) is 5.36. The van der Waals surface area contributed by atoms with E-state index in [4.69, 9.17) is 9.47 Å². The van der Waals surface area contributed by atoms with Gasteiger partial charge in [-0.1, -0.05) is 77.1 Å². The van der Waals surface area contributed by atoms with Gasteiger partial charge in [-0.15, -0.1) is 0 Å². The quantitative estimate of drug-likeness (QED) is 0.261. The predicted molar refractivity (Wildman–Crippen MR) is 139 cm³/mol. The maximum absolute atomic E-state index is 12.3. The molecule has 0 aromatic heterocycles. The molecular formula is C28H44N2O5. The van der Waals surface area contributed by atoms with E-state index in [9.17, 15) is 14.4 Å². The zero-order valence-electron chi connectivity index (χ0n) is 22.3. The van der Waals surface area contributed by atoms with E-state index in [1.807, 2.05) is 44.2 Å². The van der Waals surface area contributed by atoms with Crippen molar-refractivity contribution in [2.75, 3.05) is 20.2 Å². The Morgan fingerprint density at radius 2 is 1.86 bits per heavy atom. The van der Waals surface area contributed by atoms with Crippen molar-refractivity contribution < 1.29 is 23.9 Å². The number of ether oxygens (including phenoxy) is 2. The Morgan fingerprint density at radius 1 is 1.17 bits per heavy atom. The lowest BCUT2D eigenvalue weighted by atomic mass is 9.95. The summed E-state index contributed by atoms with van der Waals surface area (Å²) >= 11 is 0. The number of rotatable bonds is 12. The molecule has 0 spiro atoms. The van der Waals surface area contributed by atoms with Crippen LogP contribution >= 0.6 is 0 Å². The summed E-state index contributed by atoms with van der Waals surface area (Å²) in [6, 6.07) is 9.80. The summed E-state index contributed by atoms with van der Waals surface area (Å²) in [6.07, 6.45) is 6.81. The maximum atomic E-state index is 12.3. The Labute approximate surface area is 211 Å². The molecule has 196 valence electrons. The number of nitrogens with one attached hydrogen (secondary N) is 2. The van der Waals surface area contributed by atoms with Crippen molar-refractivity contribution in [3.8, 4) is 0 Å². The lowest BCUT2D eigenvalue weighted by molar-refractivity contribution is -0.144. The molecule has 1 aliphatic rings. The van der Waals surface area contributed by atoms with Crippen molar-refractivity contribution >= 4 is 17.8 Å². The van der Waals surface area contributed by atoms with Crippen LogP contribution < -0.4 is 10.6 Å². The Morgan fingerprint density at radius 3 is 2.49 bits per heavy atom. The number of benzene rings is 1. The number of methoxy groups -OCH3 is 1. The number of hydrogen-bond acceptors (Lipinski definition) is 5. The molecule has 1 aliphatic heterocycles. The minimum atomic E-state index is -0.588. The van der Waals surface area contributed by atoms with E-state index in [2.05, 4.69) is 43.6 Å². The third kappa shape index (κ3) is 12.6. The van der Waals surface area contributed by atoms with Gasteiger partial charge < -0.3 is 20.1 Å². The number of cyclic esters (lactones) is 1. The number of hydrogen-bond donors (Lipinski definition) is 2. The average molecular weight is 489 g/mol. The molecule has 7 nitrogen and oxygen atoms in total. The molecule has 1 fully saturated rings. The molecule has 1 aromatic rings. The Kier molecular flexibility index (Phi) is 14.0. The lowest BCUT2D eigenvalue weighted by Gasteiger charge is -2.16. The van der Waals surface area contributed by atoms with E-state index in [0.29, 0.717) is 19.3 Å². The topological polar surface area (TPSA) is 93.7 Å². The zero-order valence-corrected chi connectivity index (χ0v) is 22.3. The second-order valence-corrected chi connectivity index (χ2v) is 9.63. The number of carbonyl (C=O) groups is 3. The van der Waals surface area contributed by atoms with Gasteiger partial charge in [0.2, 0.25) is 11.8 Å². The van der Waals surface area contributed by atoms with Crippen molar-refractivity contribution in [3.63, 3.8) is 0 Å². The van der Waals surface area contributed by atoms with E-state index in [-0.39, 0.29) is 48.3 Å². The first-order valence-corrected chi connectivity index (χ1v) is 12.7. The minimum Gasteiger partial charge on any atom is -0.460 e. The molecule has 0 saturated carbocycles. The van der Waals surface area contributed by atoms with E-state index in [1.165, 1.54) is 7.11 Å². The van der Waals surface area contributed by atoms with Gasteiger partial charge >= 0.3 is 5.97 Å². The third-order valence-corrected chi connectivity index (χ3v) is 5.47. The summed E-state index contributed by atoms with van der Waals surface area (Å²) < 4.78 is 10.7. The highest BCUT2D eigenvalue weighted by atomic mass is 16.6. The number of esters is 1. The molecule has 2 rings (SSSR count). The van der Waals surface area contributed by atoms with Crippen molar-refractivity contribution in [2.45, 2.75) is 78.9 Å². The van der Waals surface area contributed by atoms with E-state index >= 15 is 0 Å². The maximum Gasteiger partial charge on any atom is 0.309 e. The average Bonchev–Trinajstić information content (AvgIpc) is 3.18. The van der Waals surface area contributed by atoms with Gasteiger partial charge in [-0.05, 0) is 43.1 Å². The fraction of sp³-hybridized carbons (Fsp3) is 0.607. The first-order valence-electron chi connectivity index (χ1n) is 12.7. The highest BCUT2D eigenvalue weighted by Gasteiger charge is 2.34. The lowest BCUT2D eigenvalue weighted by Crippen LogP contribution is -2.43. The molecule has 0 radical (unpaired) electrons.